The molecule has 0 spiro atoms. The molecule has 2 aromatic rings. The molecule has 0 N–H and O–H groups in total. The SMILES string of the molecule is CN(CCC#N)c1noc(-c2ccccc2)n1. The summed E-state index contributed by atoms with van der Waals surface area (Å²) in [6.07, 6.45) is 0.436. The molecule has 0 saturated heterocycles. The van der Waals surface area contributed by atoms with E-state index in [0.29, 0.717) is 24.8 Å². The fourth-order valence-corrected chi connectivity index (χ4v) is 1.39. The van der Waals surface area contributed by atoms with Gasteiger partial charge in [0.2, 0.25) is 0 Å². The van der Waals surface area contributed by atoms with Gasteiger partial charge in [0.05, 0.1) is 12.5 Å². The van der Waals surface area contributed by atoms with Gasteiger partial charge in [-0.15, -0.1) is 0 Å². The van der Waals surface area contributed by atoms with Crippen molar-refractivity contribution in [1.82, 2.24) is 10.1 Å². The molecule has 0 atom stereocenters. The van der Waals surface area contributed by atoms with Gasteiger partial charge >= 0.3 is 0 Å². The highest BCUT2D eigenvalue weighted by atomic mass is 16.5. The van der Waals surface area contributed by atoms with Crippen LogP contribution in [0.4, 0.5) is 5.95 Å². The second-order valence-corrected chi connectivity index (χ2v) is 3.60. The van der Waals surface area contributed by atoms with Gasteiger partial charge in [-0.1, -0.05) is 18.2 Å². The first-order valence-corrected chi connectivity index (χ1v) is 5.28. The Kier molecular flexibility index (Phi) is 3.36. The number of nitriles is 1. The predicted octanol–water partition coefficient (Wildman–Crippen LogP) is 2.09. The normalized spacial score (nSPS) is 9.88. The van der Waals surface area contributed by atoms with E-state index in [4.69, 9.17) is 9.78 Å². The van der Waals surface area contributed by atoms with E-state index in [9.17, 15) is 0 Å². The highest BCUT2D eigenvalue weighted by molar-refractivity contribution is 5.53. The highest BCUT2D eigenvalue weighted by Gasteiger charge is 2.11. The van der Waals surface area contributed by atoms with Gasteiger partial charge in [0.15, 0.2) is 0 Å². The second kappa shape index (κ2) is 5.12. The standard InChI is InChI=1S/C12H12N4O/c1-16(9-5-8-13)12-14-11(17-15-12)10-6-3-2-4-7-10/h2-4,6-7H,5,9H2,1H3. The van der Waals surface area contributed by atoms with E-state index >= 15 is 0 Å². The first-order valence-electron chi connectivity index (χ1n) is 5.28. The minimum Gasteiger partial charge on any atom is -0.340 e. The molecule has 0 saturated carbocycles. The van der Waals surface area contributed by atoms with Crippen LogP contribution in [0.5, 0.6) is 0 Å². The van der Waals surface area contributed by atoms with Gasteiger partial charge in [-0.05, 0) is 17.3 Å². The van der Waals surface area contributed by atoms with Crippen LogP contribution in [0.25, 0.3) is 11.5 Å². The quantitative estimate of drug-likeness (QED) is 0.801. The molecule has 1 heterocycles. The van der Waals surface area contributed by atoms with Gasteiger partial charge in [-0.2, -0.15) is 10.2 Å². The van der Waals surface area contributed by atoms with Crippen LogP contribution >= 0.6 is 0 Å². The zero-order chi connectivity index (χ0) is 12.1. The summed E-state index contributed by atoms with van der Waals surface area (Å²) in [6.45, 7) is 0.588. The topological polar surface area (TPSA) is 66.0 Å². The van der Waals surface area contributed by atoms with Crippen molar-refractivity contribution in [3.63, 3.8) is 0 Å². The van der Waals surface area contributed by atoms with Crippen molar-refractivity contribution in [2.75, 3.05) is 18.5 Å². The van der Waals surface area contributed by atoms with Crippen molar-refractivity contribution in [3.05, 3.63) is 30.3 Å². The Bertz CT molecular complexity index is 515. The van der Waals surface area contributed by atoms with E-state index in [1.807, 2.05) is 37.4 Å². The summed E-state index contributed by atoms with van der Waals surface area (Å²) in [6, 6.07) is 11.7. The van der Waals surface area contributed by atoms with Crippen LogP contribution in [0.2, 0.25) is 0 Å². The van der Waals surface area contributed by atoms with E-state index < -0.39 is 0 Å². The van der Waals surface area contributed by atoms with Gasteiger partial charge in [0, 0.05) is 19.2 Å². The molecule has 0 aliphatic heterocycles. The Hall–Kier alpha value is -2.35. The molecule has 0 unspecified atom stereocenters. The lowest BCUT2D eigenvalue weighted by Crippen LogP contribution is -2.19. The summed E-state index contributed by atoms with van der Waals surface area (Å²) >= 11 is 0. The molecule has 0 radical (unpaired) electrons. The molecule has 5 heteroatoms. The monoisotopic (exact) mass is 228 g/mol. The average Bonchev–Trinajstić information content (AvgIpc) is 2.86. The lowest BCUT2D eigenvalue weighted by Gasteiger charge is -2.10. The molecule has 86 valence electrons. The molecule has 0 amide bonds. The molecule has 0 fully saturated rings. The second-order valence-electron chi connectivity index (χ2n) is 3.60. The van der Waals surface area contributed by atoms with Crippen molar-refractivity contribution in [2.24, 2.45) is 0 Å². The minimum absolute atomic E-state index is 0.436. The summed E-state index contributed by atoms with van der Waals surface area (Å²) in [5.41, 5.74) is 0.889. The Balaban J connectivity index is 2.14. The molecule has 0 aliphatic carbocycles. The van der Waals surface area contributed by atoms with Gasteiger partial charge < -0.3 is 9.42 Å². The predicted molar refractivity (Wildman–Crippen MR) is 63.2 cm³/mol. The number of rotatable bonds is 4. The van der Waals surface area contributed by atoms with Crippen LogP contribution in [0.1, 0.15) is 6.42 Å². The lowest BCUT2D eigenvalue weighted by atomic mass is 10.2. The number of aromatic nitrogens is 2. The minimum atomic E-state index is 0.436. The maximum atomic E-state index is 8.50. The lowest BCUT2D eigenvalue weighted by molar-refractivity contribution is 0.430. The van der Waals surface area contributed by atoms with E-state index in [-0.39, 0.29) is 0 Å². The molecule has 0 bridgehead atoms. The molecule has 2 rings (SSSR count). The summed E-state index contributed by atoms with van der Waals surface area (Å²) in [4.78, 5) is 6.06. The van der Waals surface area contributed by atoms with Crippen molar-refractivity contribution in [1.29, 1.82) is 5.26 Å². The molecule has 5 nitrogen and oxygen atoms in total. The Labute approximate surface area is 99.3 Å². The van der Waals surface area contributed by atoms with E-state index in [0.717, 1.165) is 5.56 Å². The first kappa shape index (κ1) is 11.1. The number of anilines is 1. The summed E-state index contributed by atoms with van der Waals surface area (Å²) in [7, 11) is 1.83. The van der Waals surface area contributed by atoms with Crippen LogP contribution in [0, 0.1) is 11.3 Å². The van der Waals surface area contributed by atoms with Crippen molar-refractivity contribution in [3.8, 4) is 17.5 Å². The molecule has 17 heavy (non-hydrogen) atoms. The van der Waals surface area contributed by atoms with Crippen LogP contribution < -0.4 is 4.90 Å². The molecule has 1 aromatic carbocycles. The number of nitrogens with zero attached hydrogens (tertiary/aromatic N) is 4. The molecular formula is C12H12N4O. The average molecular weight is 228 g/mol. The van der Waals surface area contributed by atoms with Crippen LogP contribution in [0.15, 0.2) is 34.9 Å². The maximum Gasteiger partial charge on any atom is 0.266 e. The smallest absolute Gasteiger partial charge is 0.266 e. The summed E-state index contributed by atoms with van der Waals surface area (Å²) in [5.74, 6) is 0.989. The van der Waals surface area contributed by atoms with E-state index in [1.54, 1.807) is 4.90 Å². The van der Waals surface area contributed by atoms with Crippen molar-refractivity contribution in [2.45, 2.75) is 6.42 Å². The van der Waals surface area contributed by atoms with Crippen LogP contribution in [-0.4, -0.2) is 23.7 Å². The fourth-order valence-electron chi connectivity index (χ4n) is 1.39. The van der Waals surface area contributed by atoms with Crippen LogP contribution in [0.3, 0.4) is 0 Å². The fraction of sp³-hybridized carbons (Fsp3) is 0.250. The third-order valence-corrected chi connectivity index (χ3v) is 2.34. The van der Waals surface area contributed by atoms with Crippen molar-refractivity contribution < 1.29 is 4.52 Å². The Morgan fingerprint density at radius 2 is 2.12 bits per heavy atom. The van der Waals surface area contributed by atoms with Gasteiger partial charge in [0.25, 0.3) is 11.8 Å². The Morgan fingerprint density at radius 3 is 2.82 bits per heavy atom. The third kappa shape index (κ3) is 2.61. The summed E-state index contributed by atoms with van der Waals surface area (Å²) in [5, 5.41) is 12.4. The maximum absolute atomic E-state index is 8.50. The largest absolute Gasteiger partial charge is 0.340 e. The zero-order valence-electron chi connectivity index (χ0n) is 9.50. The summed E-state index contributed by atoms with van der Waals surface area (Å²) < 4.78 is 5.17. The Morgan fingerprint density at radius 1 is 1.35 bits per heavy atom. The highest BCUT2D eigenvalue weighted by Crippen LogP contribution is 2.19. The number of benzene rings is 1. The number of hydrogen-bond acceptors (Lipinski definition) is 5. The third-order valence-electron chi connectivity index (χ3n) is 2.34. The van der Waals surface area contributed by atoms with E-state index in [1.165, 1.54) is 0 Å². The number of hydrogen-bond donors (Lipinski definition) is 0. The van der Waals surface area contributed by atoms with Gasteiger partial charge in [-0.3, -0.25) is 0 Å². The zero-order valence-corrected chi connectivity index (χ0v) is 9.50. The molecule has 0 aliphatic rings. The molecule has 1 aromatic heterocycles. The first-order chi connectivity index (χ1) is 8.31. The van der Waals surface area contributed by atoms with E-state index in [2.05, 4.69) is 16.2 Å². The van der Waals surface area contributed by atoms with Crippen molar-refractivity contribution >= 4 is 5.95 Å². The molecular weight excluding hydrogens is 216 g/mol. The van der Waals surface area contributed by atoms with Gasteiger partial charge in [-0.25, -0.2) is 0 Å². The van der Waals surface area contributed by atoms with Gasteiger partial charge in [0.1, 0.15) is 0 Å². The van der Waals surface area contributed by atoms with Crippen LogP contribution in [-0.2, 0) is 0 Å².